The SMILES string of the molecule is OCC1CCn2c(cnc2C2CCCNC2)C1. The molecular formula is C13H21N3O. The fourth-order valence-electron chi connectivity index (χ4n) is 3.11. The first-order valence-corrected chi connectivity index (χ1v) is 6.74. The molecule has 2 atom stereocenters. The van der Waals surface area contributed by atoms with Crippen molar-refractivity contribution in [2.75, 3.05) is 19.7 Å². The third-order valence-electron chi connectivity index (χ3n) is 4.15. The van der Waals surface area contributed by atoms with Crippen LogP contribution in [0.3, 0.4) is 0 Å². The minimum atomic E-state index is 0.311. The molecule has 3 heterocycles. The molecule has 0 aliphatic carbocycles. The summed E-state index contributed by atoms with van der Waals surface area (Å²) >= 11 is 0. The summed E-state index contributed by atoms with van der Waals surface area (Å²) in [6.07, 6.45) is 6.61. The molecule has 1 fully saturated rings. The summed E-state index contributed by atoms with van der Waals surface area (Å²) in [6, 6.07) is 0. The molecule has 2 unspecified atom stereocenters. The maximum atomic E-state index is 9.23. The molecule has 0 spiro atoms. The van der Waals surface area contributed by atoms with E-state index < -0.39 is 0 Å². The number of piperidine rings is 1. The maximum absolute atomic E-state index is 9.23. The van der Waals surface area contributed by atoms with Crippen molar-refractivity contribution >= 4 is 0 Å². The van der Waals surface area contributed by atoms with Gasteiger partial charge in [-0.25, -0.2) is 4.98 Å². The van der Waals surface area contributed by atoms with E-state index in [2.05, 4.69) is 14.9 Å². The Hall–Kier alpha value is -0.870. The molecule has 0 saturated carbocycles. The third kappa shape index (κ3) is 2.11. The highest BCUT2D eigenvalue weighted by molar-refractivity contribution is 5.13. The molecule has 0 amide bonds. The van der Waals surface area contributed by atoms with Crippen LogP contribution in [0.5, 0.6) is 0 Å². The van der Waals surface area contributed by atoms with Gasteiger partial charge in [0.2, 0.25) is 0 Å². The second-order valence-electron chi connectivity index (χ2n) is 5.34. The maximum Gasteiger partial charge on any atom is 0.113 e. The average molecular weight is 235 g/mol. The van der Waals surface area contributed by atoms with Crippen LogP contribution in [-0.4, -0.2) is 34.4 Å². The predicted molar refractivity (Wildman–Crippen MR) is 66.0 cm³/mol. The van der Waals surface area contributed by atoms with Crippen LogP contribution < -0.4 is 5.32 Å². The second kappa shape index (κ2) is 4.78. The highest BCUT2D eigenvalue weighted by atomic mass is 16.3. The lowest BCUT2D eigenvalue weighted by atomic mass is 9.95. The molecule has 0 aromatic carbocycles. The number of imidazole rings is 1. The van der Waals surface area contributed by atoms with Crippen molar-refractivity contribution in [1.29, 1.82) is 0 Å². The first-order valence-electron chi connectivity index (χ1n) is 6.74. The van der Waals surface area contributed by atoms with Gasteiger partial charge in [-0.2, -0.15) is 0 Å². The minimum absolute atomic E-state index is 0.311. The molecule has 94 valence electrons. The van der Waals surface area contributed by atoms with Crippen molar-refractivity contribution in [3.8, 4) is 0 Å². The lowest BCUT2D eigenvalue weighted by Gasteiger charge is -2.27. The number of fused-ring (bicyclic) bond motifs is 1. The van der Waals surface area contributed by atoms with Gasteiger partial charge in [-0.05, 0) is 38.1 Å². The Morgan fingerprint density at radius 2 is 2.41 bits per heavy atom. The standard InChI is InChI=1S/C13H21N3O/c17-9-10-3-5-16-12(6-10)8-15-13(16)11-2-1-4-14-7-11/h8,10-11,14,17H,1-7,9H2. The summed E-state index contributed by atoms with van der Waals surface area (Å²) in [6.45, 7) is 3.56. The number of aromatic nitrogens is 2. The number of hydrogen-bond donors (Lipinski definition) is 2. The topological polar surface area (TPSA) is 50.1 Å². The number of nitrogens with one attached hydrogen (secondary N) is 1. The molecule has 2 N–H and O–H groups in total. The Labute approximate surface area is 102 Å². The molecule has 3 rings (SSSR count). The predicted octanol–water partition coefficient (Wildman–Crippen LogP) is 0.905. The molecule has 4 heteroatoms. The highest BCUT2D eigenvalue weighted by Gasteiger charge is 2.25. The normalized spacial score (nSPS) is 29.0. The van der Waals surface area contributed by atoms with Gasteiger partial charge in [0.25, 0.3) is 0 Å². The Balaban J connectivity index is 1.80. The Kier molecular flexibility index (Phi) is 3.16. The van der Waals surface area contributed by atoms with Crippen LogP contribution in [0.4, 0.5) is 0 Å². The monoisotopic (exact) mass is 235 g/mol. The van der Waals surface area contributed by atoms with Crippen LogP contribution in [-0.2, 0) is 13.0 Å². The second-order valence-corrected chi connectivity index (χ2v) is 5.34. The molecule has 17 heavy (non-hydrogen) atoms. The van der Waals surface area contributed by atoms with Gasteiger partial charge in [0, 0.05) is 37.5 Å². The number of nitrogens with zero attached hydrogens (tertiary/aromatic N) is 2. The van der Waals surface area contributed by atoms with E-state index in [0.717, 1.165) is 32.5 Å². The Morgan fingerprint density at radius 1 is 1.47 bits per heavy atom. The van der Waals surface area contributed by atoms with Crippen molar-refractivity contribution in [2.45, 2.75) is 38.1 Å². The van der Waals surface area contributed by atoms with Gasteiger partial charge in [-0.1, -0.05) is 0 Å². The van der Waals surface area contributed by atoms with Crippen LogP contribution in [0.15, 0.2) is 6.20 Å². The number of aliphatic hydroxyl groups is 1. The van der Waals surface area contributed by atoms with Gasteiger partial charge in [0.1, 0.15) is 5.82 Å². The van der Waals surface area contributed by atoms with E-state index in [-0.39, 0.29) is 0 Å². The summed E-state index contributed by atoms with van der Waals surface area (Å²) in [5.41, 5.74) is 1.32. The van der Waals surface area contributed by atoms with Gasteiger partial charge in [0.15, 0.2) is 0 Å². The summed E-state index contributed by atoms with van der Waals surface area (Å²) < 4.78 is 2.39. The zero-order valence-electron chi connectivity index (χ0n) is 10.2. The van der Waals surface area contributed by atoms with E-state index in [4.69, 9.17) is 0 Å². The van der Waals surface area contributed by atoms with Gasteiger partial charge >= 0.3 is 0 Å². The third-order valence-corrected chi connectivity index (χ3v) is 4.15. The molecule has 1 aromatic rings. The lowest BCUT2D eigenvalue weighted by molar-refractivity contribution is 0.199. The van der Waals surface area contributed by atoms with Crippen molar-refractivity contribution in [3.63, 3.8) is 0 Å². The van der Waals surface area contributed by atoms with E-state index in [0.29, 0.717) is 18.4 Å². The first kappa shape index (κ1) is 11.2. The molecule has 0 bridgehead atoms. The molecule has 1 aromatic heterocycles. The van der Waals surface area contributed by atoms with E-state index >= 15 is 0 Å². The summed E-state index contributed by atoms with van der Waals surface area (Å²) in [5, 5.41) is 12.7. The largest absolute Gasteiger partial charge is 0.396 e. The van der Waals surface area contributed by atoms with Crippen LogP contribution in [0, 0.1) is 5.92 Å². The molecule has 2 aliphatic heterocycles. The van der Waals surface area contributed by atoms with E-state index in [1.165, 1.54) is 24.4 Å². The molecule has 2 aliphatic rings. The van der Waals surface area contributed by atoms with Crippen molar-refractivity contribution in [3.05, 3.63) is 17.7 Å². The average Bonchev–Trinajstić information content (AvgIpc) is 2.82. The van der Waals surface area contributed by atoms with Crippen molar-refractivity contribution < 1.29 is 5.11 Å². The van der Waals surface area contributed by atoms with E-state index in [1.54, 1.807) is 0 Å². The minimum Gasteiger partial charge on any atom is -0.396 e. The highest BCUT2D eigenvalue weighted by Crippen LogP contribution is 2.28. The van der Waals surface area contributed by atoms with Crippen LogP contribution in [0.25, 0.3) is 0 Å². The first-order chi connectivity index (χ1) is 8.38. The number of hydrogen-bond acceptors (Lipinski definition) is 3. The molecule has 1 saturated heterocycles. The molecular weight excluding hydrogens is 214 g/mol. The van der Waals surface area contributed by atoms with E-state index in [1.807, 2.05) is 6.20 Å². The quantitative estimate of drug-likeness (QED) is 0.801. The van der Waals surface area contributed by atoms with Crippen molar-refractivity contribution in [1.82, 2.24) is 14.9 Å². The summed E-state index contributed by atoms with van der Waals surface area (Å²) in [5.74, 6) is 2.29. The fraction of sp³-hybridized carbons (Fsp3) is 0.769. The van der Waals surface area contributed by atoms with Gasteiger partial charge in [-0.3, -0.25) is 0 Å². The zero-order valence-corrected chi connectivity index (χ0v) is 10.2. The Bertz CT molecular complexity index is 382. The Morgan fingerprint density at radius 3 is 3.18 bits per heavy atom. The molecule has 0 radical (unpaired) electrons. The van der Waals surface area contributed by atoms with Gasteiger partial charge in [0.05, 0.1) is 0 Å². The number of rotatable bonds is 2. The van der Waals surface area contributed by atoms with E-state index in [9.17, 15) is 5.11 Å². The van der Waals surface area contributed by atoms with Gasteiger partial charge in [-0.15, -0.1) is 0 Å². The van der Waals surface area contributed by atoms with Crippen LogP contribution in [0.1, 0.15) is 36.7 Å². The van der Waals surface area contributed by atoms with Crippen LogP contribution in [0.2, 0.25) is 0 Å². The van der Waals surface area contributed by atoms with Crippen LogP contribution >= 0.6 is 0 Å². The lowest BCUT2D eigenvalue weighted by Crippen LogP contribution is -2.31. The summed E-state index contributed by atoms with van der Waals surface area (Å²) in [4.78, 5) is 4.63. The zero-order chi connectivity index (χ0) is 11.7. The van der Waals surface area contributed by atoms with Crippen molar-refractivity contribution in [2.24, 2.45) is 5.92 Å². The number of aliphatic hydroxyl groups excluding tert-OH is 1. The molecule has 4 nitrogen and oxygen atoms in total. The smallest absolute Gasteiger partial charge is 0.113 e. The van der Waals surface area contributed by atoms with Gasteiger partial charge < -0.3 is 15.0 Å². The fourth-order valence-corrected chi connectivity index (χ4v) is 3.11. The summed E-state index contributed by atoms with van der Waals surface area (Å²) in [7, 11) is 0.